The minimum atomic E-state index is 0.260. The van der Waals surface area contributed by atoms with E-state index in [0.717, 1.165) is 24.4 Å². The second kappa shape index (κ2) is 7.65. The zero-order valence-corrected chi connectivity index (χ0v) is 10.8. The Balaban J connectivity index is 2.47. The van der Waals surface area contributed by atoms with Crippen molar-refractivity contribution in [3.8, 4) is 0 Å². The average molecular weight is 240 g/mol. The molecule has 0 saturated carbocycles. The molecule has 0 amide bonds. The van der Waals surface area contributed by atoms with Crippen molar-refractivity contribution in [2.45, 2.75) is 31.2 Å². The lowest BCUT2D eigenvalue weighted by Gasteiger charge is -2.11. The summed E-state index contributed by atoms with van der Waals surface area (Å²) in [6, 6.07) is 4.47. The fraction of sp³-hybridized carbons (Fsp3) is 0.583. The average Bonchev–Trinajstić information content (AvgIpc) is 2.30. The first-order chi connectivity index (χ1) is 7.77. The number of nitrogens with one attached hydrogen (secondary N) is 1. The third-order valence-electron chi connectivity index (χ3n) is 2.28. The van der Waals surface area contributed by atoms with Gasteiger partial charge in [0.2, 0.25) is 0 Å². The lowest BCUT2D eigenvalue weighted by Crippen LogP contribution is -2.18. The molecule has 0 aliphatic heterocycles. The monoisotopic (exact) mass is 240 g/mol. The summed E-state index contributed by atoms with van der Waals surface area (Å²) in [6.07, 6.45) is 2.74. The number of aliphatic hydroxyl groups is 1. The van der Waals surface area contributed by atoms with Crippen LogP contribution in [0.4, 0.5) is 0 Å². The number of rotatable bonds is 7. The van der Waals surface area contributed by atoms with Crippen molar-refractivity contribution < 1.29 is 5.11 Å². The van der Waals surface area contributed by atoms with Crippen molar-refractivity contribution in [2.24, 2.45) is 0 Å². The molecule has 0 radical (unpaired) electrons. The van der Waals surface area contributed by atoms with E-state index in [1.807, 2.05) is 6.20 Å². The number of thioether (sulfide) groups is 1. The highest BCUT2D eigenvalue weighted by atomic mass is 32.2. The molecule has 0 spiro atoms. The van der Waals surface area contributed by atoms with Gasteiger partial charge in [-0.15, -0.1) is 11.8 Å². The van der Waals surface area contributed by atoms with E-state index in [4.69, 9.17) is 5.11 Å². The number of hydrogen-bond acceptors (Lipinski definition) is 4. The van der Waals surface area contributed by atoms with E-state index in [1.54, 1.807) is 11.8 Å². The van der Waals surface area contributed by atoms with Crippen LogP contribution in [0.25, 0.3) is 0 Å². The molecule has 0 bridgehead atoms. The highest BCUT2D eigenvalue weighted by Gasteiger charge is 2.04. The van der Waals surface area contributed by atoms with Crippen molar-refractivity contribution in [1.29, 1.82) is 0 Å². The van der Waals surface area contributed by atoms with E-state index < -0.39 is 0 Å². The molecule has 1 unspecified atom stereocenters. The van der Waals surface area contributed by atoms with Gasteiger partial charge in [-0.3, -0.25) is 4.98 Å². The smallest absolute Gasteiger partial charge is 0.0571 e. The van der Waals surface area contributed by atoms with E-state index in [-0.39, 0.29) is 6.61 Å². The summed E-state index contributed by atoms with van der Waals surface area (Å²) in [6.45, 7) is 5.42. The molecule has 0 saturated heterocycles. The van der Waals surface area contributed by atoms with E-state index in [2.05, 4.69) is 36.3 Å². The van der Waals surface area contributed by atoms with Crippen molar-refractivity contribution in [3.63, 3.8) is 0 Å². The number of pyridine rings is 1. The van der Waals surface area contributed by atoms with Crippen LogP contribution in [-0.4, -0.2) is 29.0 Å². The predicted molar refractivity (Wildman–Crippen MR) is 68.8 cm³/mol. The molecule has 4 heteroatoms. The molecule has 1 heterocycles. The van der Waals surface area contributed by atoms with E-state index in [0.29, 0.717) is 6.04 Å². The molecule has 0 aromatic carbocycles. The van der Waals surface area contributed by atoms with Crippen LogP contribution in [0.3, 0.4) is 0 Å². The van der Waals surface area contributed by atoms with Gasteiger partial charge < -0.3 is 10.4 Å². The second-order valence-corrected chi connectivity index (χ2v) is 4.79. The first kappa shape index (κ1) is 13.5. The summed E-state index contributed by atoms with van der Waals surface area (Å²) < 4.78 is 0. The van der Waals surface area contributed by atoms with Gasteiger partial charge in [0, 0.05) is 29.5 Å². The lowest BCUT2D eigenvalue weighted by molar-refractivity contribution is 0.296. The summed E-state index contributed by atoms with van der Waals surface area (Å²) in [5, 5.41) is 12.0. The van der Waals surface area contributed by atoms with E-state index >= 15 is 0 Å². The molecule has 16 heavy (non-hydrogen) atoms. The molecule has 0 aliphatic rings. The Labute approximate surface area is 102 Å². The van der Waals surface area contributed by atoms with Gasteiger partial charge in [0.15, 0.2) is 0 Å². The first-order valence-corrected chi connectivity index (χ1v) is 6.69. The van der Waals surface area contributed by atoms with E-state index in [9.17, 15) is 0 Å². The van der Waals surface area contributed by atoms with Gasteiger partial charge in [0.1, 0.15) is 0 Å². The van der Waals surface area contributed by atoms with Crippen molar-refractivity contribution in [3.05, 3.63) is 24.0 Å². The van der Waals surface area contributed by atoms with Crippen molar-refractivity contribution in [2.75, 3.05) is 18.9 Å². The van der Waals surface area contributed by atoms with E-state index in [1.165, 1.54) is 4.90 Å². The molecule has 90 valence electrons. The predicted octanol–water partition coefficient (Wildman–Crippen LogP) is 2.23. The molecule has 0 fully saturated rings. The molecule has 1 rings (SSSR count). The Morgan fingerprint density at radius 1 is 1.50 bits per heavy atom. The minimum absolute atomic E-state index is 0.260. The highest BCUT2D eigenvalue weighted by Crippen LogP contribution is 2.19. The van der Waals surface area contributed by atoms with Gasteiger partial charge in [0.25, 0.3) is 0 Å². The molecular formula is C12H20N2OS. The Morgan fingerprint density at radius 3 is 2.88 bits per heavy atom. The second-order valence-electron chi connectivity index (χ2n) is 3.62. The molecule has 3 nitrogen and oxygen atoms in total. The van der Waals surface area contributed by atoms with Crippen molar-refractivity contribution >= 4 is 11.8 Å². The standard InChI is InChI=1S/C12H20N2OS/c1-3-13-10(2)12-6-5-11(9-14-12)16-8-4-7-15/h5-6,9-10,13,15H,3-4,7-8H2,1-2H3. The van der Waals surface area contributed by atoms with Crippen LogP contribution < -0.4 is 5.32 Å². The molecule has 1 aromatic heterocycles. The highest BCUT2D eigenvalue weighted by molar-refractivity contribution is 7.99. The van der Waals surface area contributed by atoms with Gasteiger partial charge in [-0.2, -0.15) is 0 Å². The van der Waals surface area contributed by atoms with Gasteiger partial charge in [-0.05, 0) is 32.0 Å². The summed E-state index contributed by atoms with van der Waals surface area (Å²) in [5.74, 6) is 0.945. The summed E-state index contributed by atoms with van der Waals surface area (Å²) >= 11 is 1.74. The zero-order valence-electron chi connectivity index (χ0n) is 9.94. The topological polar surface area (TPSA) is 45.1 Å². The zero-order chi connectivity index (χ0) is 11.8. The van der Waals surface area contributed by atoms with Crippen LogP contribution >= 0.6 is 11.8 Å². The van der Waals surface area contributed by atoms with Gasteiger partial charge in [0.05, 0.1) is 5.69 Å². The van der Waals surface area contributed by atoms with Gasteiger partial charge in [-0.25, -0.2) is 0 Å². The molecule has 1 aromatic rings. The first-order valence-electron chi connectivity index (χ1n) is 5.71. The molecule has 1 atom stereocenters. The maximum atomic E-state index is 8.68. The van der Waals surface area contributed by atoms with Crippen LogP contribution in [-0.2, 0) is 0 Å². The third-order valence-corrected chi connectivity index (χ3v) is 3.35. The van der Waals surface area contributed by atoms with Gasteiger partial charge >= 0.3 is 0 Å². The van der Waals surface area contributed by atoms with Crippen LogP contribution in [0, 0.1) is 0 Å². The number of aromatic nitrogens is 1. The fourth-order valence-electron chi connectivity index (χ4n) is 1.40. The normalized spacial score (nSPS) is 12.7. The Morgan fingerprint density at radius 2 is 2.31 bits per heavy atom. The summed E-state index contributed by atoms with van der Waals surface area (Å²) in [5.41, 5.74) is 1.08. The maximum absolute atomic E-state index is 8.68. The van der Waals surface area contributed by atoms with Crippen LogP contribution in [0.5, 0.6) is 0 Å². The van der Waals surface area contributed by atoms with Crippen LogP contribution in [0.15, 0.2) is 23.2 Å². The van der Waals surface area contributed by atoms with Crippen LogP contribution in [0.1, 0.15) is 32.0 Å². The summed E-state index contributed by atoms with van der Waals surface area (Å²) in [7, 11) is 0. The molecular weight excluding hydrogens is 220 g/mol. The number of aliphatic hydroxyl groups excluding tert-OH is 1. The lowest BCUT2D eigenvalue weighted by atomic mass is 10.2. The largest absolute Gasteiger partial charge is 0.396 e. The summed E-state index contributed by atoms with van der Waals surface area (Å²) in [4.78, 5) is 5.60. The Kier molecular flexibility index (Phi) is 6.45. The van der Waals surface area contributed by atoms with Crippen LogP contribution in [0.2, 0.25) is 0 Å². The molecule has 2 N–H and O–H groups in total. The maximum Gasteiger partial charge on any atom is 0.0571 e. The minimum Gasteiger partial charge on any atom is -0.396 e. The van der Waals surface area contributed by atoms with Crippen molar-refractivity contribution in [1.82, 2.24) is 10.3 Å². The SMILES string of the molecule is CCNC(C)c1ccc(SCCCO)cn1. The third kappa shape index (κ3) is 4.51. The molecule has 0 aliphatic carbocycles. The fourth-order valence-corrected chi connectivity index (χ4v) is 2.20. The number of nitrogens with zero attached hydrogens (tertiary/aromatic N) is 1. The quantitative estimate of drug-likeness (QED) is 0.566. The Hall–Kier alpha value is -0.580. The Bertz CT molecular complexity index is 290. The number of hydrogen-bond donors (Lipinski definition) is 2. The van der Waals surface area contributed by atoms with Gasteiger partial charge in [-0.1, -0.05) is 6.92 Å².